The number of benzene rings is 2. The molecule has 0 saturated carbocycles. The van der Waals surface area contributed by atoms with Crippen LogP contribution in [0.4, 0.5) is 11.4 Å². The quantitative estimate of drug-likeness (QED) is 0.500. The third-order valence-electron chi connectivity index (χ3n) is 3.67. The lowest BCUT2D eigenvalue weighted by molar-refractivity contribution is -0.115. The van der Waals surface area contributed by atoms with E-state index in [1.807, 2.05) is 55.5 Å². The van der Waals surface area contributed by atoms with Gasteiger partial charge in [0.2, 0.25) is 5.91 Å². The first-order valence-corrected chi connectivity index (χ1v) is 8.68. The van der Waals surface area contributed by atoms with Crippen LogP contribution in [-0.2, 0) is 4.79 Å². The maximum atomic E-state index is 11.3. The van der Waals surface area contributed by atoms with Gasteiger partial charge in [0.25, 0.3) is 0 Å². The van der Waals surface area contributed by atoms with Crippen LogP contribution in [0.5, 0.6) is 11.5 Å². The summed E-state index contributed by atoms with van der Waals surface area (Å²) in [6.45, 7) is 3.19. The second-order valence-corrected chi connectivity index (χ2v) is 5.75. The van der Waals surface area contributed by atoms with Gasteiger partial charge in [-0.2, -0.15) is 0 Å². The Morgan fingerprint density at radius 2 is 1.40 bits per heavy atom. The molecule has 0 atom stereocenters. The Bertz CT molecular complexity index is 639. The molecule has 1 amide bonds. The van der Waals surface area contributed by atoms with E-state index in [0.717, 1.165) is 42.1 Å². The number of nitrogen functional groups attached to an aromatic ring is 1. The number of carbonyl (C=O) groups excluding carboxylic acids is 1. The van der Waals surface area contributed by atoms with Crippen molar-refractivity contribution < 1.29 is 14.3 Å². The van der Waals surface area contributed by atoms with E-state index in [-0.39, 0.29) is 5.91 Å². The van der Waals surface area contributed by atoms with Gasteiger partial charge in [-0.25, -0.2) is 0 Å². The molecule has 2 rings (SSSR count). The molecular weight excluding hydrogens is 316 g/mol. The fraction of sp³-hybridized carbons (Fsp3) is 0.350. The van der Waals surface area contributed by atoms with Gasteiger partial charge in [0.05, 0.1) is 13.2 Å². The zero-order valence-electron chi connectivity index (χ0n) is 14.7. The maximum Gasteiger partial charge on any atom is 0.224 e. The molecule has 5 nitrogen and oxygen atoms in total. The second kappa shape index (κ2) is 10.2. The van der Waals surface area contributed by atoms with Gasteiger partial charge < -0.3 is 20.5 Å². The molecule has 25 heavy (non-hydrogen) atoms. The molecular formula is C20H26N2O3. The molecule has 0 fully saturated rings. The van der Waals surface area contributed by atoms with Crippen molar-refractivity contribution in [1.29, 1.82) is 0 Å². The highest BCUT2D eigenvalue weighted by Crippen LogP contribution is 2.17. The summed E-state index contributed by atoms with van der Waals surface area (Å²) in [5.41, 5.74) is 7.16. The molecule has 0 aliphatic carbocycles. The van der Waals surface area contributed by atoms with E-state index in [2.05, 4.69) is 5.32 Å². The molecule has 0 radical (unpaired) electrons. The lowest BCUT2D eigenvalue weighted by atomic mass is 10.2. The molecule has 2 aromatic carbocycles. The minimum atomic E-state index is 0.00913. The van der Waals surface area contributed by atoms with Crippen LogP contribution in [0.3, 0.4) is 0 Å². The van der Waals surface area contributed by atoms with Gasteiger partial charge in [-0.3, -0.25) is 4.79 Å². The number of nitrogens with two attached hydrogens (primary N) is 1. The average Bonchev–Trinajstić information content (AvgIpc) is 2.63. The molecule has 0 heterocycles. The van der Waals surface area contributed by atoms with Crippen LogP contribution in [0, 0.1) is 0 Å². The summed E-state index contributed by atoms with van der Waals surface area (Å²) >= 11 is 0. The fourth-order valence-electron chi connectivity index (χ4n) is 2.21. The number of unbranched alkanes of at least 4 members (excludes halogenated alkanes) is 2. The summed E-state index contributed by atoms with van der Waals surface area (Å²) in [5.74, 6) is 1.67. The summed E-state index contributed by atoms with van der Waals surface area (Å²) in [7, 11) is 0. The lowest BCUT2D eigenvalue weighted by Crippen LogP contribution is -2.09. The lowest BCUT2D eigenvalue weighted by Gasteiger charge is -2.09. The van der Waals surface area contributed by atoms with E-state index >= 15 is 0 Å². The van der Waals surface area contributed by atoms with Gasteiger partial charge in [0.1, 0.15) is 11.5 Å². The van der Waals surface area contributed by atoms with Crippen molar-refractivity contribution in [3.63, 3.8) is 0 Å². The summed E-state index contributed by atoms with van der Waals surface area (Å²) in [6, 6.07) is 14.9. The fourth-order valence-corrected chi connectivity index (χ4v) is 2.21. The van der Waals surface area contributed by atoms with Crippen LogP contribution in [0.1, 0.15) is 32.6 Å². The first-order chi connectivity index (χ1) is 12.2. The second-order valence-electron chi connectivity index (χ2n) is 5.75. The summed E-state index contributed by atoms with van der Waals surface area (Å²) < 4.78 is 11.4. The summed E-state index contributed by atoms with van der Waals surface area (Å²) in [4.78, 5) is 11.3. The number of carbonyl (C=O) groups is 1. The Balaban J connectivity index is 1.55. The van der Waals surface area contributed by atoms with Gasteiger partial charge in [-0.05, 0) is 67.8 Å². The average molecular weight is 342 g/mol. The highest BCUT2D eigenvalue weighted by molar-refractivity contribution is 5.90. The molecule has 3 N–H and O–H groups in total. The van der Waals surface area contributed by atoms with Gasteiger partial charge in [-0.1, -0.05) is 6.92 Å². The Morgan fingerprint density at radius 3 is 1.92 bits per heavy atom. The predicted molar refractivity (Wildman–Crippen MR) is 101 cm³/mol. The molecule has 0 aromatic heterocycles. The molecule has 0 aliphatic rings. The molecule has 2 aromatic rings. The Hall–Kier alpha value is -2.69. The number of anilines is 2. The minimum absolute atomic E-state index is 0.00913. The predicted octanol–water partition coefficient (Wildman–Crippen LogP) is 4.25. The number of ether oxygens (including phenoxy) is 2. The van der Waals surface area contributed by atoms with Crippen LogP contribution in [0.15, 0.2) is 48.5 Å². The Kier molecular flexibility index (Phi) is 7.63. The number of rotatable bonds is 10. The van der Waals surface area contributed by atoms with E-state index in [0.29, 0.717) is 19.6 Å². The Labute approximate surface area is 149 Å². The van der Waals surface area contributed by atoms with Crippen molar-refractivity contribution in [2.45, 2.75) is 32.6 Å². The topological polar surface area (TPSA) is 73.6 Å². The van der Waals surface area contributed by atoms with Crippen molar-refractivity contribution in [2.24, 2.45) is 0 Å². The molecule has 0 unspecified atom stereocenters. The highest BCUT2D eigenvalue weighted by atomic mass is 16.5. The van der Waals surface area contributed by atoms with Crippen molar-refractivity contribution in [3.05, 3.63) is 48.5 Å². The monoisotopic (exact) mass is 342 g/mol. The molecule has 0 bridgehead atoms. The SMILES string of the molecule is CCC(=O)Nc1ccc(OCCCCCOc2ccc(N)cc2)cc1. The first-order valence-electron chi connectivity index (χ1n) is 8.68. The molecule has 0 aliphatic heterocycles. The van der Waals surface area contributed by atoms with E-state index in [1.165, 1.54) is 0 Å². The van der Waals surface area contributed by atoms with E-state index in [9.17, 15) is 4.79 Å². The van der Waals surface area contributed by atoms with E-state index < -0.39 is 0 Å². The zero-order valence-corrected chi connectivity index (χ0v) is 14.7. The number of nitrogens with one attached hydrogen (secondary N) is 1. The van der Waals surface area contributed by atoms with Crippen molar-refractivity contribution in [3.8, 4) is 11.5 Å². The van der Waals surface area contributed by atoms with Crippen LogP contribution in [0.25, 0.3) is 0 Å². The van der Waals surface area contributed by atoms with Gasteiger partial charge in [-0.15, -0.1) is 0 Å². The van der Waals surface area contributed by atoms with Gasteiger partial charge >= 0.3 is 0 Å². The third-order valence-corrected chi connectivity index (χ3v) is 3.67. The number of hydrogen-bond acceptors (Lipinski definition) is 4. The summed E-state index contributed by atoms with van der Waals surface area (Å²) in [6.07, 6.45) is 3.47. The highest BCUT2D eigenvalue weighted by Gasteiger charge is 2.00. The minimum Gasteiger partial charge on any atom is -0.494 e. The van der Waals surface area contributed by atoms with Crippen LogP contribution < -0.4 is 20.5 Å². The number of hydrogen-bond donors (Lipinski definition) is 2. The molecule has 0 spiro atoms. The Morgan fingerprint density at radius 1 is 0.880 bits per heavy atom. The van der Waals surface area contributed by atoms with Crippen LogP contribution >= 0.6 is 0 Å². The maximum absolute atomic E-state index is 11.3. The van der Waals surface area contributed by atoms with E-state index in [1.54, 1.807) is 0 Å². The number of amides is 1. The standard InChI is InChI=1S/C20H26N2O3/c1-2-20(23)22-17-8-12-19(13-9-17)25-15-5-3-4-14-24-18-10-6-16(21)7-11-18/h6-13H,2-5,14-15,21H2,1H3,(H,22,23). The van der Waals surface area contributed by atoms with Crippen molar-refractivity contribution in [1.82, 2.24) is 0 Å². The van der Waals surface area contributed by atoms with Crippen LogP contribution in [-0.4, -0.2) is 19.1 Å². The normalized spacial score (nSPS) is 10.3. The van der Waals surface area contributed by atoms with Gasteiger partial charge in [0, 0.05) is 17.8 Å². The van der Waals surface area contributed by atoms with Crippen molar-refractivity contribution in [2.75, 3.05) is 24.3 Å². The zero-order chi connectivity index (χ0) is 17.9. The third kappa shape index (κ3) is 7.16. The molecule has 134 valence electrons. The first kappa shape index (κ1) is 18.6. The van der Waals surface area contributed by atoms with E-state index in [4.69, 9.17) is 15.2 Å². The molecule has 5 heteroatoms. The van der Waals surface area contributed by atoms with Gasteiger partial charge in [0.15, 0.2) is 0 Å². The largest absolute Gasteiger partial charge is 0.494 e. The smallest absolute Gasteiger partial charge is 0.224 e. The van der Waals surface area contributed by atoms with Crippen molar-refractivity contribution >= 4 is 17.3 Å². The van der Waals surface area contributed by atoms with Crippen LogP contribution in [0.2, 0.25) is 0 Å². The molecule has 0 saturated heterocycles. The summed E-state index contributed by atoms with van der Waals surface area (Å²) in [5, 5.41) is 2.81.